The fraction of sp³-hybridized carbons (Fsp3) is 0.211. The lowest BCUT2D eigenvalue weighted by molar-refractivity contribution is -0.116. The van der Waals surface area contributed by atoms with E-state index in [9.17, 15) is 4.79 Å². The highest BCUT2D eigenvalue weighted by atomic mass is 16.5. The lowest BCUT2D eigenvalue weighted by Crippen LogP contribution is -2.31. The first-order valence-corrected chi connectivity index (χ1v) is 7.46. The molecule has 1 N–H and O–H groups in total. The Kier molecular flexibility index (Phi) is 4.24. The van der Waals surface area contributed by atoms with Crippen LogP contribution in [0.2, 0.25) is 0 Å². The summed E-state index contributed by atoms with van der Waals surface area (Å²) in [6.07, 6.45) is 2.30. The van der Waals surface area contributed by atoms with Gasteiger partial charge in [-0.2, -0.15) is 0 Å². The third kappa shape index (κ3) is 3.37. The fourth-order valence-corrected chi connectivity index (χ4v) is 2.59. The molecule has 0 saturated carbocycles. The number of amides is 1. The van der Waals surface area contributed by atoms with Crippen molar-refractivity contribution in [3.8, 4) is 0 Å². The minimum absolute atomic E-state index is 0.0827. The van der Waals surface area contributed by atoms with Gasteiger partial charge in [0.2, 0.25) is 5.91 Å². The highest BCUT2D eigenvalue weighted by molar-refractivity contribution is 5.91. The van der Waals surface area contributed by atoms with E-state index >= 15 is 0 Å². The molecule has 112 valence electrons. The second-order valence-electron chi connectivity index (χ2n) is 5.51. The van der Waals surface area contributed by atoms with E-state index in [4.69, 9.17) is 4.74 Å². The van der Waals surface area contributed by atoms with Gasteiger partial charge in [-0.05, 0) is 30.0 Å². The summed E-state index contributed by atoms with van der Waals surface area (Å²) in [6, 6.07) is 18.1. The maximum Gasteiger partial charge on any atom is 0.248 e. The van der Waals surface area contributed by atoms with Crippen LogP contribution < -0.4 is 5.32 Å². The zero-order chi connectivity index (χ0) is 15.4. The van der Waals surface area contributed by atoms with Crippen molar-refractivity contribution < 1.29 is 9.53 Å². The van der Waals surface area contributed by atoms with Gasteiger partial charge in [0.15, 0.2) is 0 Å². The average Bonchev–Trinajstić information content (AvgIpc) is 2.87. The molecule has 1 aliphatic rings. The predicted octanol–water partition coefficient (Wildman–Crippen LogP) is 3.14. The van der Waals surface area contributed by atoms with E-state index < -0.39 is 0 Å². The van der Waals surface area contributed by atoms with Crippen LogP contribution in [-0.4, -0.2) is 11.9 Å². The second kappa shape index (κ2) is 6.48. The van der Waals surface area contributed by atoms with Gasteiger partial charge in [-0.25, -0.2) is 0 Å². The second-order valence-corrected chi connectivity index (χ2v) is 5.51. The molecule has 1 amide bonds. The number of nitrogens with one attached hydrogen (secondary N) is 1. The molecule has 2 aromatic carbocycles. The number of hydrogen-bond acceptors (Lipinski definition) is 2. The average molecular weight is 293 g/mol. The van der Waals surface area contributed by atoms with Crippen LogP contribution in [0.15, 0.2) is 66.4 Å². The first kappa shape index (κ1) is 14.4. The van der Waals surface area contributed by atoms with Crippen LogP contribution >= 0.6 is 0 Å². The normalized spacial score (nSPS) is 17.0. The van der Waals surface area contributed by atoms with Crippen molar-refractivity contribution in [1.29, 1.82) is 0 Å². The summed E-state index contributed by atoms with van der Waals surface area (Å²) in [5, 5.41) is 2.95. The fourth-order valence-electron chi connectivity index (χ4n) is 2.59. The smallest absolute Gasteiger partial charge is 0.248 e. The molecule has 0 fully saturated rings. The van der Waals surface area contributed by atoms with Gasteiger partial charge in [-0.1, -0.05) is 54.6 Å². The van der Waals surface area contributed by atoms with Crippen LogP contribution in [0.5, 0.6) is 0 Å². The van der Waals surface area contributed by atoms with Gasteiger partial charge in [0.25, 0.3) is 0 Å². The van der Waals surface area contributed by atoms with Gasteiger partial charge in [0, 0.05) is 6.08 Å². The minimum atomic E-state index is -0.0843. The highest BCUT2D eigenvalue weighted by Crippen LogP contribution is 2.19. The Hall–Kier alpha value is -2.55. The molecule has 1 atom stereocenters. The molecule has 2 aromatic rings. The lowest BCUT2D eigenvalue weighted by Gasteiger charge is -2.17. The maximum absolute atomic E-state index is 11.7. The minimum Gasteiger partial charge on any atom is -0.491 e. The number of hydrogen-bond donors (Lipinski definition) is 1. The maximum atomic E-state index is 11.7. The molecule has 3 nitrogen and oxygen atoms in total. The van der Waals surface area contributed by atoms with Crippen molar-refractivity contribution in [2.24, 2.45) is 0 Å². The summed E-state index contributed by atoms with van der Waals surface area (Å²) < 4.78 is 5.90. The molecule has 0 radical (unpaired) electrons. The van der Waals surface area contributed by atoms with Gasteiger partial charge in [0.05, 0.1) is 6.04 Å². The van der Waals surface area contributed by atoms with Crippen LogP contribution in [0.3, 0.4) is 0 Å². The van der Waals surface area contributed by atoms with Crippen molar-refractivity contribution in [2.45, 2.75) is 26.0 Å². The van der Waals surface area contributed by atoms with Crippen molar-refractivity contribution in [1.82, 2.24) is 5.32 Å². The Labute approximate surface area is 130 Å². The topological polar surface area (TPSA) is 38.3 Å². The van der Waals surface area contributed by atoms with Gasteiger partial charge < -0.3 is 10.1 Å². The standard InChI is InChI=1S/C19H19NO2/c1-14-7-5-6-10-16(14)13-22-18-12-19(21)20-17(18)11-15-8-3-2-4-9-15/h2-10,12,17H,11,13H2,1H3,(H,20,21). The van der Waals surface area contributed by atoms with E-state index in [2.05, 4.69) is 30.4 Å². The molecule has 3 rings (SSSR count). The number of rotatable bonds is 5. The quantitative estimate of drug-likeness (QED) is 0.919. The Morgan fingerprint density at radius 1 is 1.05 bits per heavy atom. The van der Waals surface area contributed by atoms with Gasteiger partial charge in [-0.15, -0.1) is 0 Å². The van der Waals surface area contributed by atoms with E-state index in [1.165, 1.54) is 11.1 Å². The number of ether oxygens (including phenoxy) is 1. The summed E-state index contributed by atoms with van der Waals surface area (Å²) >= 11 is 0. The summed E-state index contributed by atoms with van der Waals surface area (Å²) in [7, 11) is 0. The van der Waals surface area contributed by atoms with Crippen molar-refractivity contribution >= 4 is 5.91 Å². The lowest BCUT2D eigenvalue weighted by atomic mass is 10.1. The monoisotopic (exact) mass is 293 g/mol. The van der Waals surface area contributed by atoms with Crippen molar-refractivity contribution in [2.75, 3.05) is 0 Å². The van der Waals surface area contributed by atoms with E-state index in [0.717, 1.165) is 17.7 Å². The molecule has 1 aliphatic heterocycles. The molecule has 22 heavy (non-hydrogen) atoms. The summed E-state index contributed by atoms with van der Waals surface area (Å²) in [4.78, 5) is 11.7. The summed E-state index contributed by atoms with van der Waals surface area (Å²) in [6.45, 7) is 2.55. The third-order valence-corrected chi connectivity index (χ3v) is 3.87. The molecule has 1 unspecified atom stereocenters. The number of carbonyl (C=O) groups excluding carboxylic acids is 1. The molecule has 0 bridgehead atoms. The van der Waals surface area contributed by atoms with Crippen molar-refractivity contribution in [3.05, 3.63) is 83.1 Å². The van der Waals surface area contributed by atoms with Gasteiger partial charge in [0.1, 0.15) is 12.4 Å². The van der Waals surface area contributed by atoms with Crippen LogP contribution in [-0.2, 0) is 22.6 Å². The van der Waals surface area contributed by atoms with Crippen LogP contribution in [0, 0.1) is 6.92 Å². The Morgan fingerprint density at radius 3 is 2.55 bits per heavy atom. The number of benzene rings is 2. The molecule has 0 saturated heterocycles. The van der Waals surface area contributed by atoms with Crippen LogP contribution in [0.25, 0.3) is 0 Å². The molecular weight excluding hydrogens is 274 g/mol. The van der Waals surface area contributed by atoms with Crippen molar-refractivity contribution in [3.63, 3.8) is 0 Å². The van der Waals surface area contributed by atoms with Gasteiger partial charge >= 0.3 is 0 Å². The Bertz CT molecular complexity index is 692. The largest absolute Gasteiger partial charge is 0.491 e. The highest BCUT2D eigenvalue weighted by Gasteiger charge is 2.25. The third-order valence-electron chi connectivity index (χ3n) is 3.87. The predicted molar refractivity (Wildman–Crippen MR) is 86.1 cm³/mol. The van der Waals surface area contributed by atoms with E-state index in [-0.39, 0.29) is 11.9 Å². The molecule has 1 heterocycles. The first-order chi connectivity index (χ1) is 10.7. The number of carbonyl (C=O) groups is 1. The van der Waals surface area contributed by atoms with Crippen LogP contribution in [0.4, 0.5) is 0 Å². The Morgan fingerprint density at radius 2 is 1.77 bits per heavy atom. The van der Waals surface area contributed by atoms with Crippen LogP contribution in [0.1, 0.15) is 16.7 Å². The molecule has 3 heteroatoms. The number of aryl methyl sites for hydroxylation is 1. The van der Waals surface area contributed by atoms with E-state index in [0.29, 0.717) is 6.61 Å². The molecule has 0 spiro atoms. The Balaban J connectivity index is 1.67. The van der Waals surface area contributed by atoms with E-state index in [1.807, 2.05) is 36.4 Å². The summed E-state index contributed by atoms with van der Waals surface area (Å²) in [5.41, 5.74) is 3.52. The SMILES string of the molecule is Cc1ccccc1COC1=CC(=O)NC1Cc1ccccc1. The first-order valence-electron chi connectivity index (χ1n) is 7.46. The molecular formula is C19H19NO2. The molecule has 0 aliphatic carbocycles. The van der Waals surface area contributed by atoms with E-state index in [1.54, 1.807) is 6.08 Å². The zero-order valence-corrected chi connectivity index (χ0v) is 12.6. The summed E-state index contributed by atoms with van der Waals surface area (Å²) in [5.74, 6) is 0.637. The molecule has 0 aromatic heterocycles. The zero-order valence-electron chi connectivity index (χ0n) is 12.6. The van der Waals surface area contributed by atoms with Gasteiger partial charge in [-0.3, -0.25) is 4.79 Å².